The summed E-state index contributed by atoms with van der Waals surface area (Å²) < 4.78 is 5.30. The predicted octanol–water partition coefficient (Wildman–Crippen LogP) is 2.93. The Bertz CT molecular complexity index is 293. The Morgan fingerprint density at radius 2 is 2.27 bits per heavy atom. The van der Waals surface area contributed by atoms with E-state index in [2.05, 4.69) is 13.0 Å². The lowest BCUT2D eigenvalue weighted by atomic mass is 9.83. The van der Waals surface area contributed by atoms with E-state index in [1.165, 1.54) is 26.2 Å². The Kier molecular flexibility index (Phi) is 2.85. The van der Waals surface area contributed by atoms with Crippen molar-refractivity contribution in [3.63, 3.8) is 0 Å². The second kappa shape index (κ2) is 3.99. The van der Waals surface area contributed by atoms with Crippen molar-refractivity contribution in [3.8, 4) is 0 Å². The van der Waals surface area contributed by atoms with Crippen molar-refractivity contribution in [2.45, 2.75) is 46.1 Å². The van der Waals surface area contributed by atoms with Gasteiger partial charge in [-0.2, -0.15) is 0 Å². The van der Waals surface area contributed by atoms with Gasteiger partial charge in [0.05, 0.1) is 0 Å². The number of ether oxygens (including phenoxy) is 1. The first kappa shape index (κ1) is 10.7. The Morgan fingerprint density at radius 3 is 2.73 bits per heavy atom. The highest BCUT2D eigenvalue weighted by molar-refractivity contribution is 5.66. The number of fused-ring (bicyclic) bond motifs is 2. The van der Waals surface area contributed by atoms with Gasteiger partial charge < -0.3 is 4.74 Å². The molecule has 84 valence electrons. The molecule has 4 atom stereocenters. The van der Waals surface area contributed by atoms with E-state index in [0.717, 1.165) is 11.8 Å². The molecule has 15 heavy (non-hydrogen) atoms. The topological polar surface area (TPSA) is 26.3 Å². The van der Waals surface area contributed by atoms with Crippen LogP contribution in [-0.2, 0) is 9.53 Å². The quantitative estimate of drug-likeness (QED) is 0.515. The number of esters is 1. The molecule has 0 heterocycles. The van der Waals surface area contributed by atoms with Gasteiger partial charge >= 0.3 is 5.97 Å². The van der Waals surface area contributed by atoms with Crippen molar-refractivity contribution in [3.05, 3.63) is 11.6 Å². The van der Waals surface area contributed by atoms with Crippen molar-refractivity contribution in [2.75, 3.05) is 0 Å². The van der Waals surface area contributed by atoms with Gasteiger partial charge in [0.1, 0.15) is 6.10 Å². The molecule has 0 radical (unpaired) electrons. The Balaban J connectivity index is 1.97. The number of hydrogen-bond acceptors (Lipinski definition) is 2. The minimum Gasteiger partial charge on any atom is -0.463 e. The second-order valence-corrected chi connectivity index (χ2v) is 4.97. The summed E-state index contributed by atoms with van der Waals surface area (Å²) in [4.78, 5) is 10.9. The first-order chi connectivity index (χ1) is 7.11. The van der Waals surface area contributed by atoms with Crippen LogP contribution in [0.15, 0.2) is 11.6 Å². The molecule has 2 saturated carbocycles. The van der Waals surface area contributed by atoms with Gasteiger partial charge in [-0.1, -0.05) is 11.6 Å². The third-order valence-electron chi connectivity index (χ3n) is 4.10. The lowest BCUT2D eigenvalue weighted by Gasteiger charge is -2.28. The van der Waals surface area contributed by atoms with Crippen LogP contribution in [0.4, 0.5) is 0 Å². The van der Waals surface area contributed by atoms with Gasteiger partial charge in [-0.25, -0.2) is 0 Å². The molecule has 0 spiro atoms. The Morgan fingerprint density at radius 1 is 1.53 bits per heavy atom. The number of carbonyl (C=O) groups excluding carboxylic acids is 1. The number of carbonyl (C=O) groups is 1. The Labute approximate surface area is 91.7 Å². The molecule has 2 heteroatoms. The molecule has 2 rings (SSSR count). The smallest absolute Gasteiger partial charge is 0.302 e. The largest absolute Gasteiger partial charge is 0.463 e. The maximum atomic E-state index is 10.9. The van der Waals surface area contributed by atoms with E-state index in [0.29, 0.717) is 5.92 Å². The average molecular weight is 208 g/mol. The molecule has 2 aliphatic carbocycles. The molecule has 2 bridgehead atoms. The molecule has 0 N–H and O–H groups in total. The van der Waals surface area contributed by atoms with E-state index < -0.39 is 0 Å². The second-order valence-electron chi connectivity index (χ2n) is 4.97. The molecule has 0 amide bonds. The van der Waals surface area contributed by atoms with Crippen molar-refractivity contribution in [1.29, 1.82) is 0 Å². The van der Waals surface area contributed by atoms with Crippen molar-refractivity contribution >= 4 is 5.97 Å². The minimum absolute atomic E-state index is 0.107. The molecule has 0 saturated heterocycles. The zero-order valence-electron chi connectivity index (χ0n) is 9.82. The maximum Gasteiger partial charge on any atom is 0.302 e. The van der Waals surface area contributed by atoms with Crippen LogP contribution in [0.25, 0.3) is 0 Å². The summed E-state index contributed by atoms with van der Waals surface area (Å²) in [5.74, 6) is 2.00. The molecule has 4 unspecified atom stereocenters. The van der Waals surface area contributed by atoms with Crippen LogP contribution < -0.4 is 0 Å². The molecule has 2 fully saturated rings. The van der Waals surface area contributed by atoms with Gasteiger partial charge in [-0.3, -0.25) is 4.79 Å². The van der Waals surface area contributed by atoms with E-state index in [1.807, 2.05) is 6.92 Å². The van der Waals surface area contributed by atoms with Gasteiger partial charge in [-0.05, 0) is 50.9 Å². The summed E-state index contributed by atoms with van der Waals surface area (Å²) in [6, 6.07) is 0. The lowest BCUT2D eigenvalue weighted by molar-refractivity contribution is -0.148. The molecule has 2 aliphatic rings. The first-order valence-electron chi connectivity index (χ1n) is 5.94. The van der Waals surface area contributed by atoms with Crippen LogP contribution >= 0.6 is 0 Å². The fourth-order valence-corrected chi connectivity index (χ4v) is 3.44. The predicted molar refractivity (Wildman–Crippen MR) is 59.3 cm³/mol. The summed E-state index contributed by atoms with van der Waals surface area (Å²) in [6.45, 7) is 5.68. The normalized spacial score (nSPS) is 38.3. The molecule has 0 aliphatic heterocycles. The highest BCUT2D eigenvalue weighted by Crippen LogP contribution is 2.52. The standard InChI is InChI=1S/C13H20O2/c1-4-10-5-12-6-11(10)7-13(12)8(2)15-9(3)14/h4,8,11-13H,5-7H2,1-3H3/b10-4+. The van der Waals surface area contributed by atoms with Gasteiger partial charge in [-0.15, -0.1) is 0 Å². The monoisotopic (exact) mass is 208 g/mol. The van der Waals surface area contributed by atoms with Crippen molar-refractivity contribution < 1.29 is 9.53 Å². The summed E-state index contributed by atoms with van der Waals surface area (Å²) in [6.07, 6.45) is 6.15. The van der Waals surface area contributed by atoms with Gasteiger partial charge in [0.15, 0.2) is 0 Å². The third-order valence-corrected chi connectivity index (χ3v) is 4.10. The van der Waals surface area contributed by atoms with Crippen LogP contribution in [-0.4, -0.2) is 12.1 Å². The van der Waals surface area contributed by atoms with Crippen molar-refractivity contribution in [2.24, 2.45) is 17.8 Å². The molecular formula is C13H20O2. The number of rotatable bonds is 2. The molecule has 0 aromatic rings. The van der Waals surface area contributed by atoms with Gasteiger partial charge in [0.25, 0.3) is 0 Å². The van der Waals surface area contributed by atoms with E-state index >= 15 is 0 Å². The molecule has 2 nitrogen and oxygen atoms in total. The summed E-state index contributed by atoms with van der Waals surface area (Å²) in [7, 11) is 0. The summed E-state index contributed by atoms with van der Waals surface area (Å²) in [5, 5.41) is 0. The number of hydrogen-bond donors (Lipinski definition) is 0. The SMILES string of the molecule is C/C=C1\CC2CC1CC2C(C)OC(C)=O. The van der Waals surface area contributed by atoms with E-state index in [4.69, 9.17) is 4.74 Å². The van der Waals surface area contributed by atoms with Gasteiger partial charge in [0.2, 0.25) is 0 Å². The average Bonchev–Trinajstić information content (AvgIpc) is 2.74. The zero-order valence-corrected chi connectivity index (χ0v) is 9.82. The maximum absolute atomic E-state index is 10.9. The van der Waals surface area contributed by atoms with Crippen LogP contribution in [0.1, 0.15) is 40.0 Å². The van der Waals surface area contributed by atoms with Crippen LogP contribution in [0.2, 0.25) is 0 Å². The Hall–Kier alpha value is -0.790. The molecular weight excluding hydrogens is 188 g/mol. The molecule has 0 aromatic carbocycles. The fourth-order valence-electron chi connectivity index (χ4n) is 3.44. The van der Waals surface area contributed by atoms with E-state index in [1.54, 1.807) is 5.57 Å². The first-order valence-corrected chi connectivity index (χ1v) is 5.94. The molecule has 0 aromatic heterocycles. The summed E-state index contributed by atoms with van der Waals surface area (Å²) in [5.41, 5.74) is 1.63. The fraction of sp³-hybridized carbons (Fsp3) is 0.769. The minimum atomic E-state index is -0.142. The third kappa shape index (κ3) is 1.95. The van der Waals surface area contributed by atoms with Crippen LogP contribution in [0.5, 0.6) is 0 Å². The highest BCUT2D eigenvalue weighted by Gasteiger charge is 2.45. The van der Waals surface area contributed by atoms with Gasteiger partial charge in [0, 0.05) is 6.92 Å². The lowest BCUT2D eigenvalue weighted by Crippen LogP contribution is -2.27. The van der Waals surface area contributed by atoms with E-state index in [9.17, 15) is 4.79 Å². The van der Waals surface area contributed by atoms with Crippen LogP contribution in [0, 0.1) is 17.8 Å². The van der Waals surface area contributed by atoms with E-state index in [-0.39, 0.29) is 12.1 Å². The zero-order chi connectivity index (χ0) is 11.0. The van der Waals surface area contributed by atoms with Crippen molar-refractivity contribution in [1.82, 2.24) is 0 Å². The number of allylic oxidation sites excluding steroid dienone is 2. The highest BCUT2D eigenvalue weighted by atomic mass is 16.5. The van der Waals surface area contributed by atoms with Crippen LogP contribution in [0.3, 0.4) is 0 Å². The summed E-state index contributed by atoms with van der Waals surface area (Å²) >= 11 is 0.